The molecule has 1 aliphatic carbocycles. The van der Waals surface area contributed by atoms with E-state index < -0.39 is 0 Å². The zero-order valence-electron chi connectivity index (χ0n) is 20.4. The van der Waals surface area contributed by atoms with Crippen LogP contribution in [0, 0.1) is 10.8 Å². The van der Waals surface area contributed by atoms with Crippen LogP contribution in [0.3, 0.4) is 0 Å². The second kappa shape index (κ2) is 8.11. The van der Waals surface area contributed by atoms with Gasteiger partial charge in [-0.2, -0.15) is 0 Å². The van der Waals surface area contributed by atoms with Crippen molar-refractivity contribution < 1.29 is 14.3 Å². The SMILES string of the molecule is COc1ccc(OC)c(-c2cc(C(=O)N3C[C@@]4(C)C[C@@H]3CC(C)(C)C4)cc(-n3cnnn3)c2)c1. The van der Waals surface area contributed by atoms with Gasteiger partial charge >= 0.3 is 0 Å². The van der Waals surface area contributed by atoms with Crippen molar-refractivity contribution in [2.45, 2.75) is 46.1 Å². The van der Waals surface area contributed by atoms with Gasteiger partial charge in [0.15, 0.2) is 0 Å². The van der Waals surface area contributed by atoms with E-state index in [4.69, 9.17) is 9.47 Å². The van der Waals surface area contributed by atoms with E-state index in [9.17, 15) is 4.79 Å². The number of tetrazole rings is 1. The molecule has 8 heteroatoms. The molecule has 0 unspecified atom stereocenters. The second-order valence-corrected chi connectivity index (χ2v) is 10.7. The average Bonchev–Trinajstić information content (AvgIpc) is 3.43. The standard InChI is InChI=1S/C26H31N5O3/c1-25(2)12-20-13-26(3,14-25)15-30(20)24(32)18-8-17(9-19(10-18)31-16-27-28-29-31)22-11-21(33-4)6-7-23(22)34-5/h6-11,16,20H,12-15H2,1-5H3/t20-,26-/m0/s1. The summed E-state index contributed by atoms with van der Waals surface area (Å²) in [6.45, 7) is 7.73. The number of likely N-dealkylation sites (tertiary alicyclic amines) is 1. The van der Waals surface area contributed by atoms with Gasteiger partial charge < -0.3 is 14.4 Å². The highest BCUT2D eigenvalue weighted by atomic mass is 16.5. The number of methoxy groups -OCH3 is 2. The Labute approximate surface area is 199 Å². The maximum absolute atomic E-state index is 13.9. The Morgan fingerprint density at radius 1 is 1.06 bits per heavy atom. The summed E-state index contributed by atoms with van der Waals surface area (Å²) in [4.78, 5) is 16.0. The zero-order valence-corrected chi connectivity index (χ0v) is 20.4. The molecule has 2 bridgehead atoms. The molecule has 0 N–H and O–H groups in total. The van der Waals surface area contributed by atoms with Gasteiger partial charge in [-0.15, -0.1) is 5.10 Å². The molecule has 2 aromatic carbocycles. The van der Waals surface area contributed by atoms with Crippen LogP contribution in [0.25, 0.3) is 16.8 Å². The van der Waals surface area contributed by atoms with E-state index in [1.54, 1.807) is 18.9 Å². The van der Waals surface area contributed by atoms with E-state index >= 15 is 0 Å². The van der Waals surface area contributed by atoms with E-state index in [1.807, 2.05) is 36.4 Å². The van der Waals surface area contributed by atoms with Gasteiger partial charge in [0.05, 0.1) is 19.9 Å². The molecule has 1 aliphatic heterocycles. The average molecular weight is 462 g/mol. The highest BCUT2D eigenvalue weighted by molar-refractivity contribution is 5.97. The van der Waals surface area contributed by atoms with Gasteiger partial charge in [0.1, 0.15) is 17.8 Å². The van der Waals surface area contributed by atoms with Gasteiger partial charge in [-0.25, -0.2) is 4.68 Å². The summed E-state index contributed by atoms with van der Waals surface area (Å²) in [6, 6.07) is 11.6. The maximum Gasteiger partial charge on any atom is 0.254 e. The quantitative estimate of drug-likeness (QED) is 0.561. The molecule has 2 fully saturated rings. The van der Waals surface area contributed by atoms with Gasteiger partial charge in [-0.05, 0) is 82.5 Å². The summed E-state index contributed by atoms with van der Waals surface area (Å²) < 4.78 is 12.6. The monoisotopic (exact) mass is 461 g/mol. The van der Waals surface area contributed by atoms with Gasteiger partial charge in [-0.1, -0.05) is 20.8 Å². The fraction of sp³-hybridized carbons (Fsp3) is 0.462. The number of ether oxygens (including phenoxy) is 2. The molecule has 0 radical (unpaired) electrons. The maximum atomic E-state index is 13.9. The largest absolute Gasteiger partial charge is 0.497 e. The van der Waals surface area contributed by atoms with Gasteiger partial charge in [-0.3, -0.25) is 4.79 Å². The molecule has 8 nitrogen and oxygen atoms in total. The van der Waals surface area contributed by atoms with Crippen molar-refractivity contribution in [1.82, 2.24) is 25.1 Å². The van der Waals surface area contributed by atoms with E-state index in [2.05, 4.69) is 41.2 Å². The molecule has 2 atom stereocenters. The molecule has 2 heterocycles. The van der Waals surface area contributed by atoms with Gasteiger partial charge in [0.25, 0.3) is 5.91 Å². The number of amides is 1. The van der Waals surface area contributed by atoms with E-state index in [0.29, 0.717) is 22.7 Å². The lowest BCUT2D eigenvalue weighted by atomic mass is 9.65. The minimum atomic E-state index is 0.0458. The lowest BCUT2D eigenvalue weighted by Gasteiger charge is -2.39. The van der Waals surface area contributed by atoms with Crippen molar-refractivity contribution in [3.05, 3.63) is 48.3 Å². The van der Waals surface area contributed by atoms with Crippen LogP contribution in [-0.4, -0.2) is 57.8 Å². The fourth-order valence-electron chi connectivity index (χ4n) is 6.20. The molecule has 1 amide bonds. The summed E-state index contributed by atoms with van der Waals surface area (Å²) in [5.74, 6) is 1.45. The molecule has 1 saturated heterocycles. The van der Waals surface area contributed by atoms with Crippen molar-refractivity contribution in [3.8, 4) is 28.3 Å². The highest BCUT2D eigenvalue weighted by Crippen LogP contribution is 2.52. The lowest BCUT2D eigenvalue weighted by Crippen LogP contribution is -2.37. The van der Waals surface area contributed by atoms with Crippen molar-refractivity contribution in [3.63, 3.8) is 0 Å². The minimum Gasteiger partial charge on any atom is -0.497 e. The van der Waals surface area contributed by atoms with Crippen LogP contribution in [0.4, 0.5) is 0 Å². The van der Waals surface area contributed by atoms with Crippen LogP contribution in [-0.2, 0) is 0 Å². The first-order valence-electron chi connectivity index (χ1n) is 11.6. The number of benzene rings is 2. The smallest absolute Gasteiger partial charge is 0.254 e. The van der Waals surface area contributed by atoms with Crippen LogP contribution in [0.1, 0.15) is 50.4 Å². The Morgan fingerprint density at radius 3 is 2.59 bits per heavy atom. The number of carbonyl (C=O) groups excluding carboxylic acids is 1. The molecule has 2 aliphatic rings. The predicted molar refractivity (Wildman–Crippen MR) is 128 cm³/mol. The number of aromatic nitrogens is 4. The number of fused-ring (bicyclic) bond motifs is 2. The molecule has 178 valence electrons. The van der Waals surface area contributed by atoms with E-state index in [-0.39, 0.29) is 22.8 Å². The first-order chi connectivity index (χ1) is 16.2. The van der Waals surface area contributed by atoms with Crippen molar-refractivity contribution in [1.29, 1.82) is 0 Å². The lowest BCUT2D eigenvalue weighted by molar-refractivity contribution is 0.0708. The highest BCUT2D eigenvalue weighted by Gasteiger charge is 2.51. The molecular weight excluding hydrogens is 430 g/mol. The summed E-state index contributed by atoms with van der Waals surface area (Å²) in [7, 11) is 3.26. The van der Waals surface area contributed by atoms with Crippen LogP contribution >= 0.6 is 0 Å². The second-order valence-electron chi connectivity index (χ2n) is 10.7. The fourth-order valence-corrected chi connectivity index (χ4v) is 6.20. The van der Waals surface area contributed by atoms with Crippen molar-refractivity contribution >= 4 is 5.91 Å². The molecule has 34 heavy (non-hydrogen) atoms. The number of hydrogen-bond donors (Lipinski definition) is 0. The summed E-state index contributed by atoms with van der Waals surface area (Å²) in [5, 5.41) is 11.6. The molecule has 3 aromatic rings. The third kappa shape index (κ3) is 4.02. The third-order valence-electron chi connectivity index (χ3n) is 7.17. The van der Waals surface area contributed by atoms with Crippen LogP contribution in [0.2, 0.25) is 0 Å². The normalized spacial score (nSPS) is 23.1. The number of rotatable bonds is 5. The van der Waals surface area contributed by atoms with Gasteiger partial charge in [0, 0.05) is 23.7 Å². The van der Waals surface area contributed by atoms with Crippen LogP contribution in [0.5, 0.6) is 11.5 Å². The number of carbonyl (C=O) groups is 1. The first-order valence-corrected chi connectivity index (χ1v) is 11.6. The molecule has 5 rings (SSSR count). The Hall–Kier alpha value is -3.42. The van der Waals surface area contributed by atoms with Crippen molar-refractivity contribution in [2.24, 2.45) is 10.8 Å². The summed E-state index contributed by atoms with van der Waals surface area (Å²) in [6.07, 6.45) is 4.75. The topological polar surface area (TPSA) is 82.4 Å². The molecule has 1 aromatic heterocycles. The Balaban J connectivity index is 1.60. The predicted octanol–water partition coefficient (Wildman–Crippen LogP) is 4.39. The molecule has 1 saturated carbocycles. The first kappa shape index (κ1) is 22.4. The zero-order chi connectivity index (χ0) is 24.1. The van der Waals surface area contributed by atoms with Crippen LogP contribution in [0.15, 0.2) is 42.7 Å². The Kier molecular flexibility index (Phi) is 5.34. The minimum absolute atomic E-state index is 0.0458. The third-order valence-corrected chi connectivity index (χ3v) is 7.17. The molecule has 0 spiro atoms. The summed E-state index contributed by atoms with van der Waals surface area (Å²) in [5.41, 5.74) is 3.39. The Bertz CT molecular complexity index is 1220. The van der Waals surface area contributed by atoms with Crippen LogP contribution < -0.4 is 9.47 Å². The van der Waals surface area contributed by atoms with E-state index in [1.165, 1.54) is 6.33 Å². The summed E-state index contributed by atoms with van der Waals surface area (Å²) >= 11 is 0. The van der Waals surface area contributed by atoms with Gasteiger partial charge in [0.2, 0.25) is 0 Å². The Morgan fingerprint density at radius 2 is 1.88 bits per heavy atom. The molecular formula is C26H31N5O3. The number of nitrogens with zero attached hydrogens (tertiary/aromatic N) is 5. The van der Waals surface area contributed by atoms with E-state index in [0.717, 1.165) is 36.9 Å². The number of hydrogen-bond acceptors (Lipinski definition) is 6. The van der Waals surface area contributed by atoms with Crippen molar-refractivity contribution in [2.75, 3.05) is 20.8 Å².